The Bertz CT molecular complexity index is 1550. The average molecular weight is 589 g/mol. The fourth-order valence-corrected chi connectivity index (χ4v) is 5.50. The number of aromatic amines is 1. The number of pyridine rings is 1. The first-order valence-electron chi connectivity index (χ1n) is 14.0. The number of methoxy groups -OCH3 is 1. The third kappa shape index (κ3) is 7.80. The van der Waals surface area contributed by atoms with Crippen LogP contribution < -0.4 is 20.3 Å². The fraction of sp³-hybridized carbons (Fsp3) is 0.333. The van der Waals surface area contributed by atoms with Crippen molar-refractivity contribution in [2.45, 2.75) is 58.2 Å². The third-order valence-corrected chi connectivity index (χ3v) is 12.2. The van der Waals surface area contributed by atoms with Crippen molar-refractivity contribution in [2.24, 2.45) is 0 Å². The Labute approximate surface area is 248 Å². The van der Waals surface area contributed by atoms with E-state index in [1.165, 1.54) is 6.07 Å². The van der Waals surface area contributed by atoms with Gasteiger partial charge in [-0.25, -0.2) is 4.79 Å². The van der Waals surface area contributed by atoms with Crippen LogP contribution in [0.4, 0.5) is 4.79 Å². The number of fused-ring (bicyclic) bond motifs is 1. The topological polar surface area (TPSA) is 98.9 Å². The molecule has 0 saturated carbocycles. The summed E-state index contributed by atoms with van der Waals surface area (Å²) in [5, 5.41) is 3.61. The largest absolute Gasteiger partial charge is 0.497 e. The van der Waals surface area contributed by atoms with E-state index in [9.17, 15) is 9.59 Å². The zero-order chi connectivity index (χ0) is 30.3. The van der Waals surface area contributed by atoms with E-state index in [-0.39, 0.29) is 23.7 Å². The highest BCUT2D eigenvalue weighted by Crippen LogP contribution is 2.41. The Morgan fingerprint density at radius 3 is 2.26 bits per heavy atom. The molecule has 0 spiro atoms. The smallest absolute Gasteiger partial charge is 0.407 e. The maximum absolute atomic E-state index is 12.7. The molecule has 1 atom stereocenters. The molecule has 0 saturated heterocycles. The van der Waals surface area contributed by atoms with Gasteiger partial charge in [0.25, 0.3) is 0 Å². The molecule has 0 aliphatic carbocycles. The van der Waals surface area contributed by atoms with E-state index >= 15 is 0 Å². The number of aromatic nitrogens is 1. The number of hydrogen-bond acceptors (Lipinski definition) is 6. The molecular formula is C33H40N2O6Si. The summed E-state index contributed by atoms with van der Waals surface area (Å²) in [5.74, 6) is 1.31. The van der Waals surface area contributed by atoms with Gasteiger partial charge in [-0.1, -0.05) is 69.3 Å². The normalized spacial score (nSPS) is 12.5. The van der Waals surface area contributed by atoms with Gasteiger partial charge in [0.1, 0.15) is 24.7 Å². The summed E-state index contributed by atoms with van der Waals surface area (Å²) in [7, 11) is -0.653. The highest BCUT2D eigenvalue weighted by Gasteiger charge is 2.40. The molecule has 0 aliphatic rings. The molecule has 1 aromatic heterocycles. The first-order chi connectivity index (χ1) is 20.0. The van der Waals surface area contributed by atoms with Crippen LogP contribution in [0.5, 0.6) is 11.5 Å². The number of benzene rings is 3. The van der Waals surface area contributed by atoms with Gasteiger partial charge in [0.15, 0.2) is 8.32 Å². The predicted octanol–water partition coefficient (Wildman–Crippen LogP) is 7.11. The lowest BCUT2D eigenvalue weighted by atomic mass is 10.0. The fourth-order valence-electron chi connectivity index (χ4n) is 4.23. The van der Waals surface area contributed by atoms with E-state index < -0.39 is 20.5 Å². The van der Waals surface area contributed by atoms with Crippen molar-refractivity contribution >= 4 is 25.3 Å². The first-order valence-corrected chi connectivity index (χ1v) is 16.9. The van der Waals surface area contributed by atoms with Crippen molar-refractivity contribution in [3.63, 3.8) is 0 Å². The van der Waals surface area contributed by atoms with E-state index in [0.29, 0.717) is 17.9 Å². The monoisotopic (exact) mass is 588 g/mol. The van der Waals surface area contributed by atoms with E-state index in [1.54, 1.807) is 13.2 Å². The first kappa shape index (κ1) is 30.9. The molecular weight excluding hydrogens is 548 g/mol. The van der Waals surface area contributed by atoms with Crippen molar-refractivity contribution < 1.29 is 23.4 Å². The molecule has 8 nitrogen and oxygen atoms in total. The van der Waals surface area contributed by atoms with E-state index in [1.807, 2.05) is 66.7 Å². The molecule has 9 heteroatoms. The number of amides is 1. The SMILES string of the molecule is COc1ccc(COc2ccc(C(CNC(=O)OCc3ccccc3)O[Si](C)(C)C(C)(C)C)c3ccc(=O)[nH]c23)cc1. The minimum atomic E-state index is -2.28. The van der Waals surface area contributed by atoms with Crippen molar-refractivity contribution in [2.75, 3.05) is 13.7 Å². The predicted molar refractivity (Wildman–Crippen MR) is 168 cm³/mol. The van der Waals surface area contributed by atoms with Gasteiger partial charge in [0.05, 0.1) is 25.3 Å². The van der Waals surface area contributed by atoms with Crippen LogP contribution in [0.3, 0.4) is 0 Å². The van der Waals surface area contributed by atoms with Gasteiger partial charge in [-0.2, -0.15) is 0 Å². The van der Waals surface area contributed by atoms with Crippen molar-refractivity contribution in [1.82, 2.24) is 10.3 Å². The third-order valence-electron chi connectivity index (χ3n) is 7.68. The number of hydrogen-bond donors (Lipinski definition) is 2. The van der Waals surface area contributed by atoms with Crippen LogP contribution in [0, 0.1) is 0 Å². The number of carbonyl (C=O) groups is 1. The van der Waals surface area contributed by atoms with Crippen LogP contribution in [0.25, 0.3) is 10.9 Å². The summed E-state index contributed by atoms with van der Waals surface area (Å²) in [6.45, 7) is 11.5. The number of H-pyrrole nitrogens is 1. The van der Waals surface area contributed by atoms with Crippen LogP contribution >= 0.6 is 0 Å². The minimum absolute atomic E-state index is 0.0649. The lowest BCUT2D eigenvalue weighted by Gasteiger charge is -2.39. The Morgan fingerprint density at radius 2 is 1.60 bits per heavy atom. The van der Waals surface area contributed by atoms with Crippen molar-refractivity contribution in [3.05, 3.63) is 106 Å². The standard InChI is InChI=1S/C33H40N2O6Si/c1-33(2,3)42(5,6)41-29(20-34-32(37)40-22-23-10-8-7-9-11-23)26-16-18-28(31-27(26)17-19-30(36)35-31)39-21-24-12-14-25(38-4)15-13-24/h7-19,29H,20-22H2,1-6H3,(H,34,37)(H,35,36). The van der Waals surface area contributed by atoms with Gasteiger partial charge in [-0.05, 0) is 59.1 Å². The maximum Gasteiger partial charge on any atom is 0.407 e. The maximum atomic E-state index is 12.7. The molecule has 1 unspecified atom stereocenters. The van der Waals surface area contributed by atoms with Crippen molar-refractivity contribution in [3.8, 4) is 11.5 Å². The van der Waals surface area contributed by atoms with E-state index in [4.69, 9.17) is 18.6 Å². The van der Waals surface area contributed by atoms with Gasteiger partial charge < -0.3 is 28.9 Å². The summed E-state index contributed by atoms with van der Waals surface area (Å²) in [4.78, 5) is 28.0. The Balaban J connectivity index is 1.61. The summed E-state index contributed by atoms with van der Waals surface area (Å²) in [6.07, 6.45) is -1.01. The Kier molecular flexibility index (Phi) is 9.75. The molecule has 2 N–H and O–H groups in total. The van der Waals surface area contributed by atoms with Crippen LogP contribution in [0.15, 0.2) is 83.7 Å². The molecule has 3 aromatic carbocycles. The van der Waals surface area contributed by atoms with Crippen LogP contribution in [-0.2, 0) is 22.4 Å². The molecule has 1 heterocycles. The molecule has 222 valence electrons. The number of nitrogens with one attached hydrogen (secondary N) is 2. The van der Waals surface area contributed by atoms with Gasteiger partial charge in [-0.3, -0.25) is 4.79 Å². The van der Waals surface area contributed by atoms with Gasteiger partial charge in [0, 0.05) is 11.5 Å². The number of carbonyl (C=O) groups excluding carboxylic acids is 1. The van der Waals surface area contributed by atoms with Crippen molar-refractivity contribution in [1.29, 1.82) is 0 Å². The van der Waals surface area contributed by atoms with Gasteiger partial charge in [-0.15, -0.1) is 0 Å². The summed E-state index contributed by atoms with van der Waals surface area (Å²) >= 11 is 0. The number of rotatable bonds is 11. The zero-order valence-corrected chi connectivity index (χ0v) is 26.2. The lowest BCUT2D eigenvalue weighted by molar-refractivity contribution is 0.128. The molecule has 0 bridgehead atoms. The molecule has 0 radical (unpaired) electrons. The van der Waals surface area contributed by atoms with Crippen LogP contribution in [-0.4, -0.2) is 33.0 Å². The molecule has 0 aliphatic heterocycles. The molecule has 0 fully saturated rings. The second-order valence-corrected chi connectivity index (χ2v) is 16.5. The minimum Gasteiger partial charge on any atom is -0.497 e. The highest BCUT2D eigenvalue weighted by molar-refractivity contribution is 6.74. The lowest BCUT2D eigenvalue weighted by Crippen LogP contribution is -2.44. The second kappa shape index (κ2) is 13.3. The zero-order valence-electron chi connectivity index (χ0n) is 25.2. The van der Waals surface area contributed by atoms with Gasteiger partial charge >= 0.3 is 6.09 Å². The molecule has 1 amide bonds. The second-order valence-electron chi connectivity index (χ2n) is 11.7. The highest BCUT2D eigenvalue weighted by atomic mass is 28.4. The van der Waals surface area contributed by atoms with E-state index in [0.717, 1.165) is 27.8 Å². The average Bonchev–Trinajstić information content (AvgIpc) is 2.97. The molecule has 4 rings (SSSR count). The quantitative estimate of drug-likeness (QED) is 0.181. The van der Waals surface area contributed by atoms with Crippen LogP contribution in [0.2, 0.25) is 18.1 Å². The number of alkyl carbamates (subject to hydrolysis) is 1. The molecule has 4 aromatic rings. The number of ether oxygens (including phenoxy) is 3. The van der Waals surface area contributed by atoms with Crippen LogP contribution in [0.1, 0.15) is 43.6 Å². The summed E-state index contributed by atoms with van der Waals surface area (Å²) < 4.78 is 23.7. The van der Waals surface area contributed by atoms with E-state index in [2.05, 4.69) is 44.2 Å². The Morgan fingerprint density at radius 1 is 0.905 bits per heavy atom. The molecule has 42 heavy (non-hydrogen) atoms. The van der Waals surface area contributed by atoms with Gasteiger partial charge in [0.2, 0.25) is 5.56 Å². The Hall–Kier alpha value is -4.08. The summed E-state index contributed by atoms with van der Waals surface area (Å²) in [6, 6.07) is 24.2. The summed E-state index contributed by atoms with van der Waals surface area (Å²) in [5.41, 5.74) is 3.04.